The van der Waals surface area contributed by atoms with Gasteiger partial charge < -0.3 is 15.1 Å². The van der Waals surface area contributed by atoms with Gasteiger partial charge in [0.25, 0.3) is 5.91 Å². The number of anilines is 2. The molecule has 1 saturated carbocycles. The molecule has 154 valence electrons. The van der Waals surface area contributed by atoms with Crippen molar-refractivity contribution in [3.63, 3.8) is 0 Å². The van der Waals surface area contributed by atoms with Gasteiger partial charge in [-0.3, -0.25) is 9.59 Å². The number of carbonyl (C=O) groups is 2. The summed E-state index contributed by atoms with van der Waals surface area (Å²) >= 11 is 0. The summed E-state index contributed by atoms with van der Waals surface area (Å²) in [7, 11) is 0. The second-order valence-corrected chi connectivity index (χ2v) is 8.07. The van der Waals surface area contributed by atoms with Gasteiger partial charge in [-0.25, -0.2) is 0 Å². The summed E-state index contributed by atoms with van der Waals surface area (Å²) in [5.74, 6) is -0.0695. The molecule has 0 aliphatic heterocycles. The average Bonchev–Trinajstić information content (AvgIpc) is 3.44. The summed E-state index contributed by atoms with van der Waals surface area (Å²) in [6, 6.07) is 17.1. The van der Waals surface area contributed by atoms with Crippen molar-refractivity contribution in [2.75, 3.05) is 10.6 Å². The SMILES string of the molecule is Cc1ccc(C2(C(=O)Nc3cc(NC(=O)c4ccco4)ccc3C)CCCC2)cc1. The topological polar surface area (TPSA) is 71.3 Å². The van der Waals surface area contributed by atoms with Crippen molar-refractivity contribution in [2.45, 2.75) is 44.9 Å². The van der Waals surface area contributed by atoms with Crippen molar-refractivity contribution in [1.82, 2.24) is 0 Å². The van der Waals surface area contributed by atoms with Crippen molar-refractivity contribution in [3.8, 4) is 0 Å². The standard InChI is InChI=1S/C25H26N2O3/c1-17-7-10-19(11-8-17)25(13-3-4-14-25)24(29)27-21-16-20(12-9-18(21)2)26-23(28)22-6-5-15-30-22/h5-12,15-16H,3-4,13-14H2,1-2H3,(H,26,28)(H,27,29). The van der Waals surface area contributed by atoms with E-state index < -0.39 is 5.41 Å². The van der Waals surface area contributed by atoms with Gasteiger partial charge in [0.2, 0.25) is 5.91 Å². The van der Waals surface area contributed by atoms with E-state index in [2.05, 4.69) is 41.8 Å². The normalized spacial score (nSPS) is 15.0. The lowest BCUT2D eigenvalue weighted by atomic mass is 9.77. The summed E-state index contributed by atoms with van der Waals surface area (Å²) in [5.41, 5.74) is 4.00. The van der Waals surface area contributed by atoms with Crippen molar-refractivity contribution >= 4 is 23.2 Å². The van der Waals surface area contributed by atoms with Crippen LogP contribution in [0.5, 0.6) is 0 Å². The van der Waals surface area contributed by atoms with Crippen molar-refractivity contribution < 1.29 is 14.0 Å². The molecule has 2 aromatic carbocycles. The van der Waals surface area contributed by atoms with Crippen LogP contribution in [0.2, 0.25) is 0 Å². The predicted molar refractivity (Wildman–Crippen MR) is 118 cm³/mol. The van der Waals surface area contributed by atoms with Crippen LogP contribution >= 0.6 is 0 Å². The van der Waals surface area contributed by atoms with Crippen LogP contribution in [-0.4, -0.2) is 11.8 Å². The molecule has 2 amide bonds. The van der Waals surface area contributed by atoms with Crippen LogP contribution < -0.4 is 10.6 Å². The number of amides is 2. The van der Waals surface area contributed by atoms with Crippen molar-refractivity contribution in [1.29, 1.82) is 0 Å². The third-order valence-electron chi connectivity index (χ3n) is 5.98. The van der Waals surface area contributed by atoms with Crippen molar-refractivity contribution in [3.05, 3.63) is 83.3 Å². The lowest BCUT2D eigenvalue weighted by Crippen LogP contribution is -2.38. The van der Waals surface area contributed by atoms with E-state index in [4.69, 9.17) is 4.42 Å². The van der Waals surface area contributed by atoms with Gasteiger partial charge >= 0.3 is 0 Å². The van der Waals surface area contributed by atoms with Gasteiger partial charge in [-0.2, -0.15) is 0 Å². The first-order chi connectivity index (χ1) is 14.5. The Kier molecular flexibility index (Phi) is 5.44. The molecule has 0 bridgehead atoms. The van der Waals surface area contributed by atoms with Gasteiger partial charge in [0.15, 0.2) is 5.76 Å². The Bertz CT molecular complexity index is 1050. The van der Waals surface area contributed by atoms with Gasteiger partial charge in [0, 0.05) is 11.4 Å². The van der Waals surface area contributed by atoms with Crippen LogP contribution in [0.1, 0.15) is 52.9 Å². The van der Waals surface area contributed by atoms with Crippen LogP contribution in [0.25, 0.3) is 0 Å². The number of aryl methyl sites for hydroxylation is 2. The summed E-state index contributed by atoms with van der Waals surface area (Å²) in [5, 5.41) is 5.96. The van der Waals surface area contributed by atoms with Gasteiger partial charge in [-0.05, 0) is 62.1 Å². The highest BCUT2D eigenvalue weighted by molar-refractivity contribution is 6.03. The lowest BCUT2D eigenvalue weighted by molar-refractivity contribution is -0.121. The summed E-state index contributed by atoms with van der Waals surface area (Å²) in [6.07, 6.45) is 5.23. The fourth-order valence-corrected chi connectivity index (χ4v) is 4.17. The minimum atomic E-state index is -0.506. The molecule has 0 saturated heterocycles. The van der Waals surface area contributed by atoms with Crippen LogP contribution in [-0.2, 0) is 10.2 Å². The molecule has 5 heteroatoms. The summed E-state index contributed by atoms with van der Waals surface area (Å²) in [4.78, 5) is 25.8. The highest BCUT2D eigenvalue weighted by atomic mass is 16.3. The Labute approximate surface area is 176 Å². The molecule has 1 heterocycles. The average molecular weight is 402 g/mol. The fourth-order valence-electron chi connectivity index (χ4n) is 4.17. The van der Waals surface area contributed by atoms with Crippen molar-refractivity contribution in [2.24, 2.45) is 0 Å². The molecule has 5 nitrogen and oxygen atoms in total. The van der Waals surface area contributed by atoms with E-state index in [9.17, 15) is 9.59 Å². The molecular weight excluding hydrogens is 376 g/mol. The first-order valence-corrected chi connectivity index (χ1v) is 10.3. The second-order valence-electron chi connectivity index (χ2n) is 8.07. The maximum atomic E-state index is 13.5. The van der Waals surface area contributed by atoms with Gasteiger partial charge in [0.05, 0.1) is 11.7 Å². The van der Waals surface area contributed by atoms with E-state index in [1.54, 1.807) is 18.2 Å². The van der Waals surface area contributed by atoms with Gasteiger partial charge in [-0.15, -0.1) is 0 Å². The molecule has 1 aliphatic carbocycles. The number of nitrogens with one attached hydrogen (secondary N) is 2. The molecular formula is C25H26N2O3. The Morgan fingerprint density at radius 3 is 2.33 bits per heavy atom. The number of carbonyl (C=O) groups excluding carboxylic acids is 2. The van der Waals surface area contributed by atoms with E-state index in [1.165, 1.54) is 11.8 Å². The maximum absolute atomic E-state index is 13.5. The quantitative estimate of drug-likeness (QED) is 0.584. The number of benzene rings is 2. The number of furan rings is 1. The van der Waals surface area contributed by atoms with E-state index in [1.807, 2.05) is 19.1 Å². The van der Waals surface area contributed by atoms with Gasteiger partial charge in [-0.1, -0.05) is 48.7 Å². The molecule has 1 aromatic heterocycles. The first-order valence-electron chi connectivity index (χ1n) is 10.3. The van der Waals surface area contributed by atoms with Crippen LogP contribution in [0, 0.1) is 13.8 Å². The molecule has 0 radical (unpaired) electrons. The monoisotopic (exact) mass is 402 g/mol. The highest BCUT2D eigenvalue weighted by Crippen LogP contribution is 2.42. The summed E-state index contributed by atoms with van der Waals surface area (Å²) < 4.78 is 5.14. The molecule has 0 unspecified atom stereocenters. The molecule has 1 aliphatic rings. The number of rotatable bonds is 5. The predicted octanol–water partition coefficient (Wildman–Crippen LogP) is 5.60. The zero-order valence-electron chi connectivity index (χ0n) is 17.3. The Morgan fingerprint density at radius 2 is 1.67 bits per heavy atom. The van der Waals surface area contributed by atoms with Crippen LogP contribution in [0.4, 0.5) is 11.4 Å². The minimum absolute atomic E-state index is 0.0152. The molecule has 0 spiro atoms. The third-order valence-corrected chi connectivity index (χ3v) is 5.98. The Morgan fingerprint density at radius 1 is 0.933 bits per heavy atom. The fraction of sp³-hybridized carbons (Fsp3) is 0.280. The highest BCUT2D eigenvalue weighted by Gasteiger charge is 2.42. The molecule has 2 N–H and O–H groups in total. The Hall–Kier alpha value is -3.34. The van der Waals surface area contributed by atoms with Crippen LogP contribution in [0.3, 0.4) is 0 Å². The summed E-state index contributed by atoms with van der Waals surface area (Å²) in [6.45, 7) is 4.00. The number of hydrogen-bond acceptors (Lipinski definition) is 3. The maximum Gasteiger partial charge on any atom is 0.291 e. The zero-order valence-corrected chi connectivity index (χ0v) is 17.3. The van der Waals surface area contributed by atoms with Gasteiger partial charge in [0.1, 0.15) is 0 Å². The third kappa shape index (κ3) is 3.88. The molecule has 3 aromatic rings. The molecule has 30 heavy (non-hydrogen) atoms. The van der Waals surface area contributed by atoms with E-state index in [-0.39, 0.29) is 17.6 Å². The Balaban J connectivity index is 1.57. The van der Waals surface area contributed by atoms with E-state index in [0.29, 0.717) is 11.4 Å². The number of hydrogen-bond donors (Lipinski definition) is 2. The molecule has 1 fully saturated rings. The lowest BCUT2D eigenvalue weighted by Gasteiger charge is -2.29. The molecule has 4 rings (SSSR count). The minimum Gasteiger partial charge on any atom is -0.459 e. The molecule has 0 atom stereocenters. The smallest absolute Gasteiger partial charge is 0.291 e. The second kappa shape index (κ2) is 8.19. The zero-order chi connectivity index (χ0) is 21.1. The largest absolute Gasteiger partial charge is 0.459 e. The van der Waals surface area contributed by atoms with E-state index in [0.717, 1.165) is 36.8 Å². The first kappa shape index (κ1) is 20.0. The van der Waals surface area contributed by atoms with E-state index >= 15 is 0 Å². The van der Waals surface area contributed by atoms with Crippen LogP contribution in [0.15, 0.2) is 65.3 Å².